The average molecular weight is 801 g/mol. The van der Waals surface area contributed by atoms with Gasteiger partial charge in [-0.1, -0.05) is 132 Å². The number of ether oxygens (including phenoxy) is 2. The molecule has 0 aliphatic carbocycles. The third-order valence-corrected chi connectivity index (χ3v) is 12.4. The Morgan fingerprint density at radius 1 is 0.481 bits per heavy atom. The number of amides is 2. The van der Waals surface area contributed by atoms with Crippen molar-refractivity contribution in [3.63, 3.8) is 0 Å². The van der Waals surface area contributed by atoms with Gasteiger partial charge in [-0.25, -0.2) is 9.59 Å². The van der Waals surface area contributed by atoms with Crippen molar-refractivity contribution in [3.8, 4) is 0 Å². The summed E-state index contributed by atoms with van der Waals surface area (Å²) in [4.78, 5) is 53.7. The summed E-state index contributed by atoms with van der Waals surface area (Å²) in [6.07, 6.45) is 7.30. The van der Waals surface area contributed by atoms with Crippen LogP contribution in [0.1, 0.15) is 162 Å². The first kappa shape index (κ1) is 52.6. The van der Waals surface area contributed by atoms with E-state index in [-0.39, 0.29) is 68.7 Å². The number of carbonyl (C=O) groups excluding carboxylic acids is 4. The number of hydrogen-bond donors (Lipinski definition) is 2. The lowest BCUT2D eigenvalue weighted by molar-refractivity contribution is -0.145. The monoisotopic (exact) mass is 801 g/mol. The summed E-state index contributed by atoms with van der Waals surface area (Å²) in [7, 11) is 5.40. The molecule has 0 saturated heterocycles. The standard InChI is InChI=1S/C44H84N2O6S2/c1-29(23-41(5,6)7)19-21-33(31(3)25-43(11,12)13)37(47)45-35(39(49)51-17)27-53-54-28-36(40(50)52-18)46-38(48)34(32(4)26-44(14,15)16)22-20-30(2)24-42(8,9)10/h29-36H,19-28H2,1-18H3,(H,45,47)(H,46,48)/t29?,30?,31?,32?,33?,34?,35-,36?/m0/s1. The first-order valence-corrected chi connectivity index (χ1v) is 23.0. The summed E-state index contributed by atoms with van der Waals surface area (Å²) < 4.78 is 10.2. The van der Waals surface area contributed by atoms with Crippen molar-refractivity contribution >= 4 is 45.3 Å². The molecule has 0 aromatic carbocycles. The number of hydrogen-bond acceptors (Lipinski definition) is 8. The highest BCUT2D eigenvalue weighted by Crippen LogP contribution is 2.36. The summed E-state index contributed by atoms with van der Waals surface area (Å²) in [5, 5.41) is 6.07. The number of rotatable bonds is 23. The van der Waals surface area contributed by atoms with E-state index in [4.69, 9.17) is 9.47 Å². The van der Waals surface area contributed by atoms with Crippen LogP contribution in [0.2, 0.25) is 0 Å². The second kappa shape index (κ2) is 23.7. The van der Waals surface area contributed by atoms with Gasteiger partial charge in [0.05, 0.1) is 14.2 Å². The number of carbonyl (C=O) groups is 4. The van der Waals surface area contributed by atoms with Crippen LogP contribution in [0, 0.1) is 57.2 Å². The lowest BCUT2D eigenvalue weighted by Gasteiger charge is -2.31. The van der Waals surface area contributed by atoms with Crippen molar-refractivity contribution in [1.29, 1.82) is 0 Å². The zero-order valence-electron chi connectivity index (χ0n) is 38.0. The van der Waals surface area contributed by atoms with E-state index in [0.29, 0.717) is 11.8 Å². The second-order valence-corrected chi connectivity index (χ2v) is 23.9. The first-order valence-electron chi connectivity index (χ1n) is 20.5. The molecule has 2 amide bonds. The molecule has 54 heavy (non-hydrogen) atoms. The van der Waals surface area contributed by atoms with Crippen LogP contribution in [0.4, 0.5) is 0 Å². The van der Waals surface area contributed by atoms with E-state index >= 15 is 0 Å². The van der Waals surface area contributed by atoms with E-state index in [1.807, 2.05) is 0 Å². The van der Waals surface area contributed by atoms with Crippen molar-refractivity contribution < 1.29 is 28.7 Å². The zero-order chi connectivity index (χ0) is 42.2. The van der Waals surface area contributed by atoms with E-state index in [9.17, 15) is 19.2 Å². The Balaban J connectivity index is 5.83. The second-order valence-electron chi connectivity index (χ2n) is 21.3. The van der Waals surface area contributed by atoms with Gasteiger partial charge >= 0.3 is 11.9 Å². The van der Waals surface area contributed by atoms with Gasteiger partial charge in [-0.05, 0) is 96.7 Å². The van der Waals surface area contributed by atoms with E-state index in [1.165, 1.54) is 35.8 Å². The van der Waals surface area contributed by atoms with Crippen LogP contribution in [-0.4, -0.2) is 61.6 Å². The van der Waals surface area contributed by atoms with Gasteiger partial charge < -0.3 is 20.1 Å². The van der Waals surface area contributed by atoms with Crippen LogP contribution >= 0.6 is 21.6 Å². The van der Waals surface area contributed by atoms with Crippen LogP contribution in [0.25, 0.3) is 0 Å². The van der Waals surface area contributed by atoms with Gasteiger partial charge in [0.1, 0.15) is 12.1 Å². The lowest BCUT2D eigenvalue weighted by Crippen LogP contribution is -2.47. The van der Waals surface area contributed by atoms with Gasteiger partial charge in [0.15, 0.2) is 0 Å². The highest BCUT2D eigenvalue weighted by Gasteiger charge is 2.34. The summed E-state index contributed by atoms with van der Waals surface area (Å²) in [5.41, 5.74) is 0.547. The molecule has 0 bridgehead atoms. The summed E-state index contributed by atoms with van der Waals surface area (Å²) >= 11 is 0. The van der Waals surface area contributed by atoms with Gasteiger partial charge in [-0.2, -0.15) is 0 Å². The minimum atomic E-state index is -0.847. The summed E-state index contributed by atoms with van der Waals surface area (Å²) in [6.45, 7) is 35.4. The fraction of sp³-hybridized carbons (Fsp3) is 0.909. The van der Waals surface area contributed by atoms with E-state index in [0.717, 1.165) is 51.4 Å². The largest absolute Gasteiger partial charge is 0.467 e. The maximum Gasteiger partial charge on any atom is 0.329 e. The normalized spacial score (nSPS) is 17.3. The minimum Gasteiger partial charge on any atom is -0.467 e. The Labute approximate surface area is 340 Å². The Bertz CT molecular complexity index is 1050. The van der Waals surface area contributed by atoms with Crippen LogP contribution in [0.3, 0.4) is 0 Å². The summed E-state index contributed by atoms with van der Waals surface area (Å²) in [5.74, 6) is -0.00769. The third kappa shape index (κ3) is 24.3. The predicted molar refractivity (Wildman–Crippen MR) is 231 cm³/mol. The van der Waals surface area contributed by atoms with Crippen LogP contribution < -0.4 is 10.6 Å². The molecule has 8 atom stereocenters. The van der Waals surface area contributed by atoms with Crippen molar-refractivity contribution in [2.45, 2.75) is 174 Å². The molecule has 318 valence electrons. The van der Waals surface area contributed by atoms with Gasteiger partial charge in [-0.15, -0.1) is 0 Å². The van der Waals surface area contributed by atoms with Crippen LogP contribution in [0.5, 0.6) is 0 Å². The fourth-order valence-corrected chi connectivity index (χ4v) is 10.5. The molecule has 8 nitrogen and oxygen atoms in total. The maximum absolute atomic E-state index is 13.9. The SMILES string of the molecule is COC(=O)C(CSSC[C@H](NC(=O)C(CCC(C)CC(C)(C)C)C(C)CC(C)(C)C)C(=O)OC)NC(=O)C(CCC(C)CC(C)(C)C)C(C)CC(C)(C)C. The molecule has 0 aromatic heterocycles. The van der Waals surface area contributed by atoms with Crippen LogP contribution in [0.15, 0.2) is 0 Å². The molecule has 0 saturated carbocycles. The molecule has 2 N–H and O–H groups in total. The molecule has 0 radical (unpaired) electrons. The van der Waals surface area contributed by atoms with E-state index in [2.05, 4.69) is 121 Å². The molecule has 0 aliphatic rings. The van der Waals surface area contributed by atoms with Crippen molar-refractivity contribution in [1.82, 2.24) is 10.6 Å². The third-order valence-electron chi connectivity index (χ3n) is 9.94. The van der Waals surface area contributed by atoms with Gasteiger partial charge in [0.2, 0.25) is 11.8 Å². The molecule has 7 unspecified atom stereocenters. The number of methoxy groups -OCH3 is 2. The van der Waals surface area contributed by atoms with Crippen molar-refractivity contribution in [2.24, 2.45) is 57.2 Å². The quantitative estimate of drug-likeness (QED) is 0.0597. The maximum atomic E-state index is 13.9. The molecular weight excluding hydrogens is 717 g/mol. The molecule has 0 heterocycles. The Hall–Kier alpha value is -1.42. The molecule has 0 rings (SSSR count). The van der Waals surface area contributed by atoms with E-state index < -0.39 is 24.0 Å². The fourth-order valence-electron chi connectivity index (χ4n) is 8.20. The topological polar surface area (TPSA) is 111 Å². The van der Waals surface area contributed by atoms with E-state index in [1.54, 1.807) is 0 Å². The first-order chi connectivity index (χ1) is 24.5. The van der Waals surface area contributed by atoms with Crippen LogP contribution in [-0.2, 0) is 28.7 Å². The van der Waals surface area contributed by atoms with Gasteiger partial charge in [0.25, 0.3) is 0 Å². The molecule has 0 spiro atoms. The van der Waals surface area contributed by atoms with Crippen molar-refractivity contribution in [3.05, 3.63) is 0 Å². The minimum absolute atomic E-state index is 0.0597. The van der Waals surface area contributed by atoms with Gasteiger partial charge in [0, 0.05) is 23.3 Å². The summed E-state index contributed by atoms with van der Waals surface area (Å²) in [6, 6.07) is -1.69. The number of nitrogens with one attached hydrogen (secondary N) is 2. The highest BCUT2D eigenvalue weighted by molar-refractivity contribution is 8.76. The van der Waals surface area contributed by atoms with Gasteiger partial charge in [-0.3, -0.25) is 9.59 Å². The Morgan fingerprint density at radius 3 is 1.00 bits per heavy atom. The molecule has 10 heteroatoms. The molecule has 0 fully saturated rings. The highest BCUT2D eigenvalue weighted by atomic mass is 33.1. The lowest BCUT2D eigenvalue weighted by atomic mass is 9.75. The number of esters is 2. The Kier molecular flexibility index (Phi) is 23.1. The van der Waals surface area contributed by atoms with Crippen molar-refractivity contribution in [2.75, 3.05) is 25.7 Å². The molecular formula is C44H84N2O6S2. The smallest absolute Gasteiger partial charge is 0.329 e. The molecule has 0 aliphatic heterocycles. The zero-order valence-corrected chi connectivity index (χ0v) is 39.6. The molecule has 0 aromatic rings. The Morgan fingerprint density at radius 2 is 0.759 bits per heavy atom. The predicted octanol–water partition coefficient (Wildman–Crippen LogP) is 10.8. The average Bonchev–Trinajstić information content (AvgIpc) is 2.97.